The van der Waals surface area contributed by atoms with Crippen molar-refractivity contribution in [1.29, 1.82) is 0 Å². The number of nitrogens with zero attached hydrogens (tertiary/aromatic N) is 2. The molecule has 11 heteroatoms. The molecule has 0 spiro atoms. The minimum absolute atomic E-state index is 0.0628. The molecule has 2 aromatic rings. The molecule has 0 bridgehead atoms. The van der Waals surface area contributed by atoms with Gasteiger partial charge in [0.15, 0.2) is 11.5 Å². The van der Waals surface area contributed by atoms with Crippen LogP contribution in [0.5, 0.6) is 11.5 Å². The standard InChI is InChI=1S/C26H24BrN3O6S/c1-3-10-36-24-20(27)13-17(14-21(24)34-2)15-22-25(32)30(26(33)37-22)16-23(31)28-18-4-6-19(7-5-18)29-8-11-35-12-9-29/h1,4-7,13-15H,8-12,16H2,2H3,(H,28,31)/b22-15-. The summed E-state index contributed by atoms with van der Waals surface area (Å²) >= 11 is 4.18. The molecular formula is C26H24BrN3O6S. The zero-order chi connectivity index (χ0) is 26.4. The van der Waals surface area contributed by atoms with E-state index in [-0.39, 0.29) is 18.1 Å². The summed E-state index contributed by atoms with van der Waals surface area (Å²) in [6, 6.07) is 10.8. The monoisotopic (exact) mass is 585 g/mol. The van der Waals surface area contributed by atoms with Crippen LogP contribution in [0.1, 0.15) is 5.56 Å². The molecule has 0 aromatic heterocycles. The number of rotatable bonds is 8. The summed E-state index contributed by atoms with van der Waals surface area (Å²) in [6.07, 6.45) is 6.82. The maximum Gasteiger partial charge on any atom is 0.294 e. The van der Waals surface area contributed by atoms with Crippen LogP contribution in [0.25, 0.3) is 6.08 Å². The molecule has 0 atom stereocenters. The van der Waals surface area contributed by atoms with Crippen LogP contribution in [-0.2, 0) is 14.3 Å². The van der Waals surface area contributed by atoms with Crippen molar-refractivity contribution < 1.29 is 28.6 Å². The molecule has 2 heterocycles. The second-order valence-electron chi connectivity index (χ2n) is 7.99. The molecule has 1 N–H and O–H groups in total. The number of nitrogens with one attached hydrogen (secondary N) is 1. The van der Waals surface area contributed by atoms with Crippen molar-refractivity contribution in [3.63, 3.8) is 0 Å². The summed E-state index contributed by atoms with van der Waals surface area (Å²) in [7, 11) is 1.48. The van der Waals surface area contributed by atoms with Gasteiger partial charge < -0.3 is 24.4 Å². The number of amides is 3. The highest BCUT2D eigenvalue weighted by Crippen LogP contribution is 2.39. The predicted molar refractivity (Wildman–Crippen MR) is 146 cm³/mol. The topological polar surface area (TPSA) is 97.4 Å². The van der Waals surface area contributed by atoms with E-state index in [4.69, 9.17) is 20.6 Å². The molecule has 192 valence electrons. The Hall–Kier alpha value is -3.46. The highest BCUT2D eigenvalue weighted by Gasteiger charge is 2.36. The maximum absolute atomic E-state index is 12.9. The average molecular weight is 586 g/mol. The number of carbonyl (C=O) groups is 3. The fraction of sp³-hybridized carbons (Fsp3) is 0.269. The second kappa shape index (κ2) is 12.2. The van der Waals surface area contributed by atoms with Crippen molar-refractivity contribution in [2.24, 2.45) is 0 Å². The normalized spacial score (nSPS) is 16.6. The number of anilines is 2. The van der Waals surface area contributed by atoms with Crippen LogP contribution in [0.15, 0.2) is 45.8 Å². The van der Waals surface area contributed by atoms with Crippen molar-refractivity contribution in [2.45, 2.75) is 0 Å². The van der Waals surface area contributed by atoms with Crippen LogP contribution in [0.2, 0.25) is 0 Å². The number of carbonyl (C=O) groups excluding carboxylic acids is 3. The van der Waals surface area contributed by atoms with Crippen LogP contribution < -0.4 is 19.7 Å². The van der Waals surface area contributed by atoms with Gasteiger partial charge in [-0.15, -0.1) is 6.42 Å². The molecule has 0 radical (unpaired) electrons. The number of methoxy groups -OCH3 is 1. The van der Waals surface area contributed by atoms with Crippen LogP contribution in [0.4, 0.5) is 16.2 Å². The molecule has 0 unspecified atom stereocenters. The molecule has 2 aliphatic rings. The number of imide groups is 1. The molecule has 0 aliphatic carbocycles. The fourth-order valence-corrected chi connectivity index (χ4v) is 5.20. The van der Waals surface area contributed by atoms with E-state index in [0.29, 0.717) is 40.4 Å². The van der Waals surface area contributed by atoms with Crippen molar-refractivity contribution in [3.05, 3.63) is 51.3 Å². The Balaban J connectivity index is 1.40. The molecule has 2 saturated heterocycles. The molecule has 9 nitrogen and oxygen atoms in total. The molecule has 3 amide bonds. The summed E-state index contributed by atoms with van der Waals surface area (Å²) < 4.78 is 16.8. The molecule has 0 saturated carbocycles. The summed E-state index contributed by atoms with van der Waals surface area (Å²) in [5.74, 6) is 2.22. The zero-order valence-electron chi connectivity index (χ0n) is 20.0. The van der Waals surface area contributed by atoms with E-state index in [0.717, 1.165) is 35.4 Å². The van der Waals surface area contributed by atoms with E-state index in [1.54, 1.807) is 30.3 Å². The SMILES string of the molecule is C#CCOc1c(Br)cc(/C=C2\SC(=O)N(CC(=O)Nc3ccc(N4CCOCC4)cc3)C2=O)cc1OC. The molecule has 2 fully saturated rings. The van der Waals surface area contributed by atoms with Crippen LogP contribution in [-0.4, -0.2) is 68.5 Å². The Bertz CT molecular complexity index is 1270. The van der Waals surface area contributed by atoms with E-state index in [1.165, 1.54) is 7.11 Å². The number of hydrogen-bond acceptors (Lipinski definition) is 8. The van der Waals surface area contributed by atoms with Gasteiger partial charge in [0.1, 0.15) is 13.2 Å². The lowest BCUT2D eigenvalue weighted by molar-refractivity contribution is -0.127. The first kappa shape index (κ1) is 26.6. The first-order valence-electron chi connectivity index (χ1n) is 11.3. The maximum atomic E-state index is 12.9. The molecule has 37 heavy (non-hydrogen) atoms. The van der Waals surface area contributed by atoms with Gasteiger partial charge in [-0.05, 0) is 75.7 Å². The molecular weight excluding hydrogens is 562 g/mol. The minimum atomic E-state index is -0.546. The number of benzene rings is 2. The van der Waals surface area contributed by atoms with Crippen LogP contribution in [0.3, 0.4) is 0 Å². The number of ether oxygens (including phenoxy) is 3. The Labute approximate surface area is 227 Å². The van der Waals surface area contributed by atoms with Gasteiger partial charge in [0.25, 0.3) is 11.1 Å². The Morgan fingerprint density at radius 3 is 2.65 bits per heavy atom. The summed E-state index contributed by atoms with van der Waals surface area (Å²) in [5.41, 5.74) is 2.22. The van der Waals surface area contributed by atoms with Gasteiger partial charge in [-0.25, -0.2) is 0 Å². The highest BCUT2D eigenvalue weighted by atomic mass is 79.9. The van der Waals surface area contributed by atoms with Gasteiger partial charge >= 0.3 is 0 Å². The van der Waals surface area contributed by atoms with Gasteiger partial charge in [0, 0.05) is 24.5 Å². The zero-order valence-corrected chi connectivity index (χ0v) is 22.4. The number of halogens is 1. The summed E-state index contributed by atoms with van der Waals surface area (Å²) in [4.78, 5) is 41.3. The molecule has 2 aromatic carbocycles. The third-order valence-corrected chi connectivity index (χ3v) is 7.05. The third-order valence-electron chi connectivity index (χ3n) is 5.55. The minimum Gasteiger partial charge on any atom is -0.493 e. The van der Waals surface area contributed by atoms with E-state index in [2.05, 4.69) is 32.1 Å². The predicted octanol–water partition coefficient (Wildman–Crippen LogP) is 3.98. The van der Waals surface area contributed by atoms with Crippen molar-refractivity contribution in [1.82, 2.24) is 4.90 Å². The van der Waals surface area contributed by atoms with Crippen molar-refractivity contribution >= 4 is 62.2 Å². The van der Waals surface area contributed by atoms with E-state index < -0.39 is 17.1 Å². The smallest absolute Gasteiger partial charge is 0.294 e. The van der Waals surface area contributed by atoms with Crippen LogP contribution in [0, 0.1) is 12.3 Å². The Kier molecular flexibility index (Phi) is 8.76. The average Bonchev–Trinajstić information content (AvgIpc) is 3.15. The van der Waals surface area contributed by atoms with Crippen LogP contribution >= 0.6 is 27.7 Å². The quantitative estimate of drug-likeness (QED) is 0.367. The Morgan fingerprint density at radius 1 is 1.24 bits per heavy atom. The van der Waals surface area contributed by atoms with Gasteiger partial charge in [0.05, 0.1) is 29.7 Å². The van der Waals surface area contributed by atoms with Crippen molar-refractivity contribution in [3.8, 4) is 23.8 Å². The Morgan fingerprint density at radius 2 is 1.97 bits per heavy atom. The van der Waals surface area contributed by atoms with Gasteiger partial charge in [-0.3, -0.25) is 19.3 Å². The third kappa shape index (κ3) is 6.46. The van der Waals surface area contributed by atoms with E-state index in [9.17, 15) is 14.4 Å². The second-order valence-corrected chi connectivity index (χ2v) is 9.84. The first-order chi connectivity index (χ1) is 17.9. The number of morpholine rings is 1. The van der Waals surface area contributed by atoms with Gasteiger partial charge in [-0.2, -0.15) is 0 Å². The molecule has 4 rings (SSSR count). The van der Waals surface area contributed by atoms with E-state index in [1.807, 2.05) is 12.1 Å². The summed E-state index contributed by atoms with van der Waals surface area (Å²) in [6.45, 7) is 2.66. The van der Waals surface area contributed by atoms with Gasteiger partial charge in [0.2, 0.25) is 5.91 Å². The number of terminal acetylenes is 1. The highest BCUT2D eigenvalue weighted by molar-refractivity contribution is 9.10. The van der Waals surface area contributed by atoms with Crippen molar-refractivity contribution in [2.75, 3.05) is 56.8 Å². The van der Waals surface area contributed by atoms with Gasteiger partial charge in [-0.1, -0.05) is 5.92 Å². The fourth-order valence-electron chi connectivity index (χ4n) is 3.79. The summed E-state index contributed by atoms with van der Waals surface area (Å²) in [5, 5.41) is 2.22. The lowest BCUT2D eigenvalue weighted by atomic mass is 10.2. The lowest BCUT2D eigenvalue weighted by Crippen LogP contribution is -2.36. The number of thioether (sulfide) groups is 1. The number of hydrogen-bond donors (Lipinski definition) is 1. The first-order valence-corrected chi connectivity index (χ1v) is 12.9. The lowest BCUT2D eigenvalue weighted by Gasteiger charge is -2.28. The molecule has 2 aliphatic heterocycles. The largest absolute Gasteiger partial charge is 0.493 e. The van der Waals surface area contributed by atoms with E-state index >= 15 is 0 Å².